The minimum atomic E-state index is -0.110. The highest BCUT2D eigenvalue weighted by Gasteiger charge is 1.97. The van der Waals surface area contributed by atoms with Gasteiger partial charge in [0.05, 0.1) is 22.9 Å². The largest absolute Gasteiger partial charge is 0.385 e. The SMILES string of the molecule is COCCCCOCCCOCC(=O)NI. The molecule has 0 aliphatic carbocycles. The molecule has 0 radical (unpaired) electrons. The monoisotopic (exact) mass is 345 g/mol. The van der Waals surface area contributed by atoms with E-state index in [2.05, 4.69) is 3.53 Å². The number of unbranched alkanes of at least 4 members (excludes halogenated alkanes) is 1. The number of halogens is 1. The third-order valence-electron chi connectivity index (χ3n) is 1.80. The van der Waals surface area contributed by atoms with Gasteiger partial charge in [-0.25, -0.2) is 0 Å². The zero-order valence-corrected chi connectivity index (χ0v) is 11.8. The van der Waals surface area contributed by atoms with Gasteiger partial charge in [0.25, 0.3) is 5.91 Å². The summed E-state index contributed by atoms with van der Waals surface area (Å²) in [6.07, 6.45) is 2.87. The second-order valence-electron chi connectivity index (χ2n) is 3.24. The molecule has 0 aliphatic heterocycles. The van der Waals surface area contributed by atoms with Crippen LogP contribution in [0.2, 0.25) is 0 Å². The van der Waals surface area contributed by atoms with Crippen LogP contribution >= 0.6 is 22.9 Å². The lowest BCUT2D eigenvalue weighted by atomic mass is 10.3. The normalized spacial score (nSPS) is 10.4. The van der Waals surface area contributed by atoms with E-state index in [0.29, 0.717) is 13.2 Å². The van der Waals surface area contributed by atoms with Gasteiger partial charge in [-0.05, 0) is 19.3 Å². The zero-order valence-electron chi connectivity index (χ0n) is 9.67. The zero-order chi connectivity index (χ0) is 12.1. The third-order valence-corrected chi connectivity index (χ3v) is 2.40. The van der Waals surface area contributed by atoms with Crippen molar-refractivity contribution in [1.82, 2.24) is 3.53 Å². The molecule has 6 heteroatoms. The van der Waals surface area contributed by atoms with Crippen molar-refractivity contribution >= 4 is 28.8 Å². The van der Waals surface area contributed by atoms with Crippen molar-refractivity contribution in [3.63, 3.8) is 0 Å². The lowest BCUT2D eigenvalue weighted by Crippen LogP contribution is -2.19. The summed E-state index contributed by atoms with van der Waals surface area (Å²) >= 11 is 1.79. The van der Waals surface area contributed by atoms with E-state index < -0.39 is 0 Å². The Balaban J connectivity index is 2.96. The number of ether oxygens (including phenoxy) is 3. The molecule has 0 saturated heterocycles. The number of carbonyl (C=O) groups is 1. The Morgan fingerprint density at radius 1 is 1.06 bits per heavy atom. The molecule has 96 valence electrons. The van der Waals surface area contributed by atoms with Gasteiger partial charge < -0.3 is 14.2 Å². The van der Waals surface area contributed by atoms with Crippen LogP contribution in [0.15, 0.2) is 0 Å². The van der Waals surface area contributed by atoms with Crippen molar-refractivity contribution in [2.24, 2.45) is 0 Å². The summed E-state index contributed by atoms with van der Waals surface area (Å²) in [5, 5.41) is 0. The predicted octanol–water partition coefficient (Wildman–Crippen LogP) is 1.30. The van der Waals surface area contributed by atoms with Gasteiger partial charge in [-0.2, -0.15) is 0 Å². The quantitative estimate of drug-likeness (QED) is 0.348. The maximum Gasteiger partial charge on any atom is 0.254 e. The summed E-state index contributed by atoms with van der Waals surface area (Å²) in [6, 6.07) is 0. The van der Waals surface area contributed by atoms with E-state index >= 15 is 0 Å². The minimum absolute atomic E-state index is 0.110. The molecule has 0 bridgehead atoms. The van der Waals surface area contributed by atoms with Gasteiger partial charge in [-0.3, -0.25) is 8.32 Å². The molecule has 0 spiro atoms. The fourth-order valence-electron chi connectivity index (χ4n) is 1.01. The van der Waals surface area contributed by atoms with E-state index in [4.69, 9.17) is 14.2 Å². The number of methoxy groups -OCH3 is 1. The highest BCUT2D eigenvalue weighted by molar-refractivity contribution is 14.1. The van der Waals surface area contributed by atoms with Crippen molar-refractivity contribution in [3.8, 4) is 0 Å². The van der Waals surface area contributed by atoms with Crippen molar-refractivity contribution in [3.05, 3.63) is 0 Å². The summed E-state index contributed by atoms with van der Waals surface area (Å²) in [6.45, 7) is 2.91. The molecule has 0 aromatic heterocycles. The standard InChI is InChI=1S/C10H20INO4/c1-14-5-2-3-6-15-7-4-8-16-9-10(13)12-11/h2-9H2,1H3,(H,12,13). The smallest absolute Gasteiger partial charge is 0.254 e. The molecule has 0 aromatic rings. The maximum absolute atomic E-state index is 10.8. The molecule has 0 unspecified atom stereocenters. The second kappa shape index (κ2) is 13.1. The number of amides is 1. The Kier molecular flexibility index (Phi) is 13.2. The molecule has 0 atom stereocenters. The molecule has 0 aliphatic rings. The first-order valence-electron chi connectivity index (χ1n) is 5.35. The molecule has 0 aromatic carbocycles. The molecule has 0 saturated carbocycles. The molecule has 0 heterocycles. The summed E-state index contributed by atoms with van der Waals surface area (Å²) in [7, 11) is 1.70. The van der Waals surface area contributed by atoms with Crippen molar-refractivity contribution in [1.29, 1.82) is 0 Å². The predicted molar refractivity (Wildman–Crippen MR) is 69.5 cm³/mol. The molecule has 0 rings (SSSR count). The second-order valence-corrected chi connectivity index (χ2v) is 3.78. The first kappa shape index (κ1) is 16.1. The first-order chi connectivity index (χ1) is 7.81. The average molecular weight is 345 g/mol. The van der Waals surface area contributed by atoms with Crippen LogP contribution in [0, 0.1) is 0 Å². The topological polar surface area (TPSA) is 56.8 Å². The Hall–Kier alpha value is 0.0800. The molecular weight excluding hydrogens is 325 g/mol. The summed E-state index contributed by atoms with van der Waals surface area (Å²) < 4.78 is 17.9. The van der Waals surface area contributed by atoms with Crippen LogP contribution in [-0.2, 0) is 19.0 Å². The van der Waals surface area contributed by atoms with E-state index in [1.165, 1.54) is 0 Å². The number of hydrogen-bond donors (Lipinski definition) is 1. The summed E-state index contributed by atoms with van der Waals surface area (Å²) in [5.41, 5.74) is 0. The van der Waals surface area contributed by atoms with Gasteiger partial charge >= 0.3 is 0 Å². The van der Waals surface area contributed by atoms with Crippen molar-refractivity contribution < 1.29 is 19.0 Å². The number of rotatable bonds is 11. The van der Waals surface area contributed by atoms with Gasteiger partial charge in [-0.1, -0.05) is 0 Å². The molecule has 1 amide bonds. The Morgan fingerprint density at radius 2 is 1.69 bits per heavy atom. The van der Waals surface area contributed by atoms with E-state index in [0.717, 1.165) is 32.5 Å². The van der Waals surface area contributed by atoms with Crippen molar-refractivity contribution in [2.45, 2.75) is 19.3 Å². The van der Waals surface area contributed by atoms with Gasteiger partial charge in [0.1, 0.15) is 6.61 Å². The van der Waals surface area contributed by atoms with Crippen LogP contribution in [0.25, 0.3) is 0 Å². The van der Waals surface area contributed by atoms with E-state index in [1.807, 2.05) is 0 Å². The minimum Gasteiger partial charge on any atom is -0.385 e. The van der Waals surface area contributed by atoms with E-state index in [-0.39, 0.29) is 12.5 Å². The molecule has 5 nitrogen and oxygen atoms in total. The van der Waals surface area contributed by atoms with Crippen LogP contribution in [0.5, 0.6) is 0 Å². The number of nitrogens with one attached hydrogen (secondary N) is 1. The lowest BCUT2D eigenvalue weighted by Gasteiger charge is -2.04. The highest BCUT2D eigenvalue weighted by Crippen LogP contribution is 1.92. The Morgan fingerprint density at radius 3 is 2.38 bits per heavy atom. The Labute approximate surface area is 111 Å². The number of carbonyl (C=O) groups excluding carboxylic acids is 1. The van der Waals surface area contributed by atoms with E-state index in [9.17, 15) is 4.79 Å². The lowest BCUT2D eigenvalue weighted by molar-refractivity contribution is -0.123. The molecule has 0 fully saturated rings. The third kappa shape index (κ3) is 12.2. The summed E-state index contributed by atoms with van der Waals surface area (Å²) in [4.78, 5) is 10.8. The summed E-state index contributed by atoms with van der Waals surface area (Å²) in [5.74, 6) is -0.110. The van der Waals surface area contributed by atoms with Gasteiger partial charge in [0.2, 0.25) is 0 Å². The van der Waals surface area contributed by atoms with Gasteiger partial charge in [0.15, 0.2) is 0 Å². The van der Waals surface area contributed by atoms with E-state index in [1.54, 1.807) is 30.0 Å². The fraction of sp³-hybridized carbons (Fsp3) is 0.900. The van der Waals surface area contributed by atoms with Crippen LogP contribution in [0.1, 0.15) is 19.3 Å². The molecular formula is C10H20INO4. The fourth-order valence-corrected chi connectivity index (χ4v) is 1.16. The maximum atomic E-state index is 10.8. The van der Waals surface area contributed by atoms with Gasteiger partial charge in [-0.15, -0.1) is 0 Å². The van der Waals surface area contributed by atoms with Crippen LogP contribution in [-0.4, -0.2) is 46.1 Å². The van der Waals surface area contributed by atoms with Crippen LogP contribution < -0.4 is 3.53 Å². The average Bonchev–Trinajstić information content (AvgIpc) is 2.31. The van der Waals surface area contributed by atoms with Crippen LogP contribution in [0.3, 0.4) is 0 Å². The number of hydrogen-bond acceptors (Lipinski definition) is 4. The highest BCUT2D eigenvalue weighted by atomic mass is 127. The molecule has 16 heavy (non-hydrogen) atoms. The van der Waals surface area contributed by atoms with Crippen molar-refractivity contribution in [2.75, 3.05) is 40.1 Å². The van der Waals surface area contributed by atoms with Crippen LogP contribution in [0.4, 0.5) is 0 Å². The molecule has 1 N–H and O–H groups in total. The van der Waals surface area contributed by atoms with Gasteiger partial charge in [0, 0.05) is 33.5 Å². The Bertz CT molecular complexity index is 169. The first-order valence-corrected chi connectivity index (χ1v) is 6.43.